The van der Waals surface area contributed by atoms with Crippen LogP contribution in [0.3, 0.4) is 0 Å². The maximum atomic E-state index is 13.2. The molecule has 0 bridgehead atoms. The fourth-order valence-electron chi connectivity index (χ4n) is 4.15. The molecular formula is C29H21BrN2O4. The van der Waals surface area contributed by atoms with Gasteiger partial charge in [-0.05, 0) is 70.8 Å². The van der Waals surface area contributed by atoms with Gasteiger partial charge in [-0.25, -0.2) is 9.69 Å². The Labute approximate surface area is 216 Å². The highest BCUT2D eigenvalue weighted by atomic mass is 79.9. The Bertz CT molecular complexity index is 1540. The third-order valence-corrected chi connectivity index (χ3v) is 6.46. The molecule has 1 aliphatic heterocycles. The van der Waals surface area contributed by atoms with Crippen molar-refractivity contribution in [2.24, 2.45) is 0 Å². The molecule has 5 rings (SSSR count). The Morgan fingerprint density at radius 1 is 0.917 bits per heavy atom. The number of nitrogens with one attached hydrogen (secondary N) is 1. The zero-order valence-electron chi connectivity index (χ0n) is 19.3. The predicted molar refractivity (Wildman–Crippen MR) is 143 cm³/mol. The first-order valence-corrected chi connectivity index (χ1v) is 12.1. The van der Waals surface area contributed by atoms with Gasteiger partial charge in [-0.2, -0.15) is 0 Å². The molecule has 4 aromatic rings. The summed E-state index contributed by atoms with van der Waals surface area (Å²) in [7, 11) is 0. The van der Waals surface area contributed by atoms with E-state index in [0.29, 0.717) is 29.2 Å². The molecule has 0 aliphatic carbocycles. The highest BCUT2D eigenvalue weighted by molar-refractivity contribution is 9.10. The number of ether oxygens (including phenoxy) is 1. The lowest BCUT2D eigenvalue weighted by molar-refractivity contribution is -0.122. The van der Waals surface area contributed by atoms with Crippen molar-refractivity contribution < 1.29 is 19.1 Å². The number of rotatable bonds is 5. The van der Waals surface area contributed by atoms with Crippen LogP contribution in [0.15, 0.2) is 95.0 Å². The summed E-state index contributed by atoms with van der Waals surface area (Å²) in [5.74, 6) is -0.746. The molecule has 1 aliphatic rings. The van der Waals surface area contributed by atoms with Gasteiger partial charge < -0.3 is 4.74 Å². The molecule has 0 atom stereocenters. The maximum absolute atomic E-state index is 13.2. The quantitative estimate of drug-likeness (QED) is 0.243. The van der Waals surface area contributed by atoms with E-state index in [1.54, 1.807) is 49.4 Å². The average molecular weight is 541 g/mol. The summed E-state index contributed by atoms with van der Waals surface area (Å²) < 4.78 is 6.80. The first-order valence-electron chi connectivity index (χ1n) is 11.3. The molecule has 1 heterocycles. The Balaban J connectivity index is 1.35. The molecule has 4 amide bonds. The lowest BCUT2D eigenvalue weighted by Gasteiger charge is -2.27. The van der Waals surface area contributed by atoms with Crippen LogP contribution in [0.5, 0.6) is 5.75 Å². The molecule has 0 aromatic heterocycles. The van der Waals surface area contributed by atoms with Crippen LogP contribution >= 0.6 is 15.9 Å². The van der Waals surface area contributed by atoms with Crippen LogP contribution in [0.25, 0.3) is 16.8 Å². The number of halogens is 1. The molecule has 178 valence electrons. The molecule has 36 heavy (non-hydrogen) atoms. The average Bonchev–Trinajstić information content (AvgIpc) is 2.87. The fraction of sp³-hybridized carbons (Fsp3) is 0.0690. The van der Waals surface area contributed by atoms with Crippen LogP contribution in [-0.2, 0) is 16.2 Å². The van der Waals surface area contributed by atoms with Gasteiger partial charge in [0.25, 0.3) is 11.8 Å². The summed E-state index contributed by atoms with van der Waals surface area (Å²) in [5, 5.41) is 4.55. The Hall–Kier alpha value is -4.23. The van der Waals surface area contributed by atoms with Crippen molar-refractivity contribution in [3.05, 3.63) is 112 Å². The zero-order chi connectivity index (χ0) is 25.2. The van der Waals surface area contributed by atoms with Gasteiger partial charge in [0, 0.05) is 4.47 Å². The van der Waals surface area contributed by atoms with Gasteiger partial charge in [0.15, 0.2) is 0 Å². The van der Waals surface area contributed by atoms with Crippen molar-refractivity contribution >= 4 is 56.3 Å². The molecule has 1 saturated heterocycles. The van der Waals surface area contributed by atoms with E-state index in [9.17, 15) is 14.4 Å². The smallest absolute Gasteiger partial charge is 0.335 e. The second-order valence-electron chi connectivity index (χ2n) is 8.38. The Kier molecular flexibility index (Phi) is 6.40. The highest BCUT2D eigenvalue weighted by Gasteiger charge is 2.37. The van der Waals surface area contributed by atoms with Crippen molar-refractivity contribution in [3.63, 3.8) is 0 Å². The number of carbonyl (C=O) groups is 3. The molecule has 1 N–H and O–H groups in total. The normalized spacial score (nSPS) is 14.9. The third-order valence-electron chi connectivity index (χ3n) is 5.97. The van der Waals surface area contributed by atoms with E-state index in [1.807, 2.05) is 24.3 Å². The fourth-order valence-corrected chi connectivity index (χ4v) is 4.63. The van der Waals surface area contributed by atoms with Crippen LogP contribution in [0.1, 0.15) is 16.7 Å². The summed E-state index contributed by atoms with van der Waals surface area (Å²) >= 11 is 3.38. The van der Waals surface area contributed by atoms with Gasteiger partial charge in [0.05, 0.1) is 5.69 Å². The second kappa shape index (κ2) is 9.79. The highest BCUT2D eigenvalue weighted by Crippen LogP contribution is 2.28. The number of carbonyl (C=O) groups excluding carboxylic acids is 3. The standard InChI is InChI=1S/C29H21BrN2O4/c1-18-15-22(30)11-14-26(18)32-28(34)25(27(33)31-29(32)35)16-19-9-12-23(13-10-19)36-17-21-7-4-6-20-5-2-3-8-24(20)21/h2-16H,17H2,1H3,(H,31,33,35)/b25-16-. The molecule has 1 fully saturated rings. The molecule has 0 unspecified atom stereocenters. The Morgan fingerprint density at radius 3 is 2.44 bits per heavy atom. The second-order valence-corrected chi connectivity index (χ2v) is 9.30. The molecule has 0 spiro atoms. The minimum atomic E-state index is -0.773. The first-order chi connectivity index (χ1) is 17.4. The Morgan fingerprint density at radius 2 is 1.67 bits per heavy atom. The molecular weight excluding hydrogens is 520 g/mol. The minimum absolute atomic E-state index is 0.124. The molecule has 6 nitrogen and oxygen atoms in total. The van der Waals surface area contributed by atoms with Crippen molar-refractivity contribution in [1.82, 2.24) is 5.32 Å². The lowest BCUT2D eigenvalue weighted by Crippen LogP contribution is -2.54. The zero-order valence-corrected chi connectivity index (χ0v) is 20.9. The number of aryl methyl sites for hydroxylation is 1. The van der Waals surface area contributed by atoms with Crippen LogP contribution in [-0.4, -0.2) is 17.8 Å². The number of amides is 4. The predicted octanol–water partition coefficient (Wildman–Crippen LogP) is 6.16. The summed E-state index contributed by atoms with van der Waals surface area (Å²) in [4.78, 5) is 39.1. The van der Waals surface area contributed by atoms with E-state index in [4.69, 9.17) is 4.74 Å². The van der Waals surface area contributed by atoms with Gasteiger partial charge in [-0.1, -0.05) is 70.5 Å². The van der Waals surface area contributed by atoms with E-state index in [-0.39, 0.29) is 5.57 Å². The van der Waals surface area contributed by atoms with Crippen LogP contribution in [0.4, 0.5) is 10.5 Å². The molecule has 0 radical (unpaired) electrons. The molecule has 7 heteroatoms. The van der Waals surface area contributed by atoms with E-state index < -0.39 is 17.8 Å². The monoisotopic (exact) mass is 540 g/mol. The number of benzene rings is 4. The minimum Gasteiger partial charge on any atom is -0.489 e. The number of barbiturate groups is 1. The number of hydrogen-bond acceptors (Lipinski definition) is 4. The van der Waals surface area contributed by atoms with Gasteiger partial charge in [0.1, 0.15) is 17.9 Å². The van der Waals surface area contributed by atoms with Gasteiger partial charge in [-0.3, -0.25) is 14.9 Å². The topological polar surface area (TPSA) is 75.7 Å². The van der Waals surface area contributed by atoms with E-state index in [2.05, 4.69) is 39.4 Å². The summed E-state index contributed by atoms with van der Waals surface area (Å²) in [5.41, 5.74) is 2.72. The lowest BCUT2D eigenvalue weighted by atomic mass is 10.1. The van der Waals surface area contributed by atoms with Crippen LogP contribution in [0, 0.1) is 6.92 Å². The van der Waals surface area contributed by atoms with Crippen LogP contribution < -0.4 is 15.0 Å². The number of anilines is 1. The summed E-state index contributed by atoms with van der Waals surface area (Å²) in [6.45, 7) is 2.20. The number of hydrogen-bond donors (Lipinski definition) is 1. The number of nitrogens with zero attached hydrogens (tertiary/aromatic N) is 1. The first kappa shape index (κ1) is 23.5. The van der Waals surface area contributed by atoms with E-state index in [1.165, 1.54) is 6.08 Å². The number of fused-ring (bicyclic) bond motifs is 1. The largest absolute Gasteiger partial charge is 0.489 e. The van der Waals surface area contributed by atoms with E-state index in [0.717, 1.165) is 25.7 Å². The summed E-state index contributed by atoms with van der Waals surface area (Å²) in [6, 6.07) is 25.8. The molecule has 4 aromatic carbocycles. The SMILES string of the molecule is Cc1cc(Br)ccc1N1C(=O)NC(=O)/C(=C/c2ccc(OCc3cccc4ccccc34)cc2)C1=O. The van der Waals surface area contributed by atoms with Crippen molar-refractivity contribution in [2.75, 3.05) is 4.90 Å². The van der Waals surface area contributed by atoms with Crippen LogP contribution in [0.2, 0.25) is 0 Å². The maximum Gasteiger partial charge on any atom is 0.335 e. The third kappa shape index (κ3) is 4.65. The number of imide groups is 2. The van der Waals surface area contributed by atoms with Crippen molar-refractivity contribution in [1.29, 1.82) is 0 Å². The van der Waals surface area contributed by atoms with Gasteiger partial charge >= 0.3 is 6.03 Å². The van der Waals surface area contributed by atoms with Gasteiger partial charge in [0.2, 0.25) is 0 Å². The van der Waals surface area contributed by atoms with E-state index >= 15 is 0 Å². The number of urea groups is 1. The summed E-state index contributed by atoms with van der Waals surface area (Å²) in [6.07, 6.45) is 1.47. The van der Waals surface area contributed by atoms with Gasteiger partial charge in [-0.15, -0.1) is 0 Å². The van der Waals surface area contributed by atoms with Crippen molar-refractivity contribution in [3.8, 4) is 5.75 Å². The molecule has 0 saturated carbocycles. The van der Waals surface area contributed by atoms with Crippen molar-refractivity contribution in [2.45, 2.75) is 13.5 Å².